The van der Waals surface area contributed by atoms with E-state index in [0.29, 0.717) is 51.4 Å². The van der Waals surface area contributed by atoms with Gasteiger partial charge >= 0.3 is 0 Å². The molecule has 0 unspecified atom stereocenters. The number of rotatable bonds is 7. The van der Waals surface area contributed by atoms with Crippen molar-refractivity contribution in [2.75, 3.05) is 20.2 Å². The molecule has 40 heavy (non-hydrogen) atoms. The average molecular weight is 576 g/mol. The average Bonchev–Trinajstić information content (AvgIpc) is 3.76. The molecule has 1 fully saturated rings. The molecule has 1 atom stereocenters. The number of amides is 2. The van der Waals surface area contributed by atoms with Crippen LogP contribution in [0.5, 0.6) is 5.75 Å². The zero-order chi connectivity index (χ0) is 27.8. The van der Waals surface area contributed by atoms with Crippen molar-refractivity contribution in [2.45, 2.75) is 25.8 Å². The second-order valence-corrected chi connectivity index (χ2v) is 11.4. The maximum Gasteiger partial charge on any atom is 0.274 e. The largest absolute Gasteiger partial charge is 0.496 e. The van der Waals surface area contributed by atoms with Crippen LogP contribution in [-0.4, -0.2) is 57.3 Å². The van der Waals surface area contributed by atoms with Crippen molar-refractivity contribution in [1.82, 2.24) is 24.6 Å². The molecular weight excluding hydrogens is 549 g/mol. The molecule has 4 heterocycles. The molecule has 0 saturated carbocycles. The van der Waals surface area contributed by atoms with Gasteiger partial charge in [-0.25, -0.2) is 14.4 Å². The quantitative estimate of drug-likeness (QED) is 0.270. The van der Waals surface area contributed by atoms with Gasteiger partial charge in [-0.05, 0) is 49.6 Å². The number of fused-ring (bicyclic) bond motifs is 1. The van der Waals surface area contributed by atoms with Gasteiger partial charge in [0.15, 0.2) is 4.96 Å². The SMILES string of the molecule is COc1ccccc1-c1nc(C(=O)N2CCC[C@H]2CNC(=O)c2c(C)nc3sccn23)c(-c2ccc(F)cc2)s1. The molecule has 0 spiro atoms. The van der Waals surface area contributed by atoms with Crippen molar-refractivity contribution in [3.05, 3.63) is 83.0 Å². The van der Waals surface area contributed by atoms with E-state index in [2.05, 4.69) is 10.3 Å². The first-order valence-electron chi connectivity index (χ1n) is 12.9. The molecule has 0 bridgehead atoms. The number of aromatic nitrogens is 3. The summed E-state index contributed by atoms with van der Waals surface area (Å²) >= 11 is 2.84. The Hall–Kier alpha value is -4.09. The van der Waals surface area contributed by atoms with Crippen LogP contribution in [0.1, 0.15) is 39.5 Å². The molecule has 8 nitrogen and oxygen atoms in total. The summed E-state index contributed by atoms with van der Waals surface area (Å²) in [6.07, 6.45) is 3.42. The number of nitrogens with one attached hydrogen (secondary N) is 1. The minimum absolute atomic E-state index is 0.180. The van der Waals surface area contributed by atoms with Crippen molar-refractivity contribution in [3.63, 3.8) is 0 Å². The summed E-state index contributed by atoms with van der Waals surface area (Å²) in [6, 6.07) is 13.4. The van der Waals surface area contributed by atoms with Crippen LogP contribution in [-0.2, 0) is 0 Å². The summed E-state index contributed by atoms with van der Waals surface area (Å²) in [6.45, 7) is 2.69. The predicted octanol–water partition coefficient (Wildman–Crippen LogP) is 5.68. The lowest BCUT2D eigenvalue weighted by Crippen LogP contribution is -2.43. The van der Waals surface area contributed by atoms with Gasteiger partial charge in [0, 0.05) is 30.7 Å². The first-order valence-corrected chi connectivity index (χ1v) is 14.6. The molecule has 6 rings (SSSR count). The molecule has 1 N–H and O–H groups in total. The number of carbonyl (C=O) groups is 2. The number of nitrogens with zero attached hydrogens (tertiary/aromatic N) is 4. The number of imidazole rings is 1. The Kier molecular flexibility index (Phi) is 7.07. The second kappa shape index (κ2) is 10.8. The van der Waals surface area contributed by atoms with E-state index >= 15 is 0 Å². The molecule has 1 saturated heterocycles. The molecule has 0 radical (unpaired) electrons. The van der Waals surface area contributed by atoms with Crippen molar-refractivity contribution < 1.29 is 18.7 Å². The van der Waals surface area contributed by atoms with Gasteiger partial charge in [-0.15, -0.1) is 22.7 Å². The number of carbonyl (C=O) groups excluding carboxylic acids is 2. The molecule has 11 heteroatoms. The maximum atomic E-state index is 14.0. The Balaban J connectivity index is 1.29. The van der Waals surface area contributed by atoms with Crippen molar-refractivity contribution >= 4 is 39.4 Å². The van der Waals surface area contributed by atoms with Gasteiger partial charge in [0.2, 0.25) is 0 Å². The fraction of sp³-hybridized carbons (Fsp3) is 0.241. The standard InChI is InChI=1S/C29H26FN5O3S2/c1-17-24(35-14-15-39-29(35)32-17)26(36)31-16-20-6-5-13-34(20)28(37)23-25(18-9-11-19(30)12-10-18)40-27(33-23)21-7-3-4-8-22(21)38-2/h3-4,7-12,14-15,20H,5-6,13,16H2,1-2H3,(H,31,36)/t20-/m0/s1. The van der Waals surface area contributed by atoms with Gasteiger partial charge in [0.25, 0.3) is 11.8 Å². The van der Waals surface area contributed by atoms with Crippen LogP contribution in [0.15, 0.2) is 60.1 Å². The Labute approximate surface area is 238 Å². The summed E-state index contributed by atoms with van der Waals surface area (Å²) in [5.41, 5.74) is 2.97. The molecule has 2 aromatic carbocycles. The van der Waals surface area contributed by atoms with Gasteiger partial charge in [0.1, 0.15) is 28.0 Å². The van der Waals surface area contributed by atoms with E-state index in [1.807, 2.05) is 42.8 Å². The van der Waals surface area contributed by atoms with Gasteiger partial charge in [-0.1, -0.05) is 24.3 Å². The van der Waals surface area contributed by atoms with E-state index in [4.69, 9.17) is 9.72 Å². The third-order valence-electron chi connectivity index (χ3n) is 7.06. The minimum Gasteiger partial charge on any atom is -0.496 e. The van der Waals surface area contributed by atoms with Gasteiger partial charge in [-0.3, -0.25) is 14.0 Å². The van der Waals surface area contributed by atoms with E-state index in [0.717, 1.165) is 23.4 Å². The molecule has 2 amide bonds. The summed E-state index contributed by atoms with van der Waals surface area (Å²) in [5.74, 6) is -0.136. The lowest BCUT2D eigenvalue weighted by molar-refractivity contribution is 0.0720. The Morgan fingerprint density at radius 2 is 1.95 bits per heavy atom. The van der Waals surface area contributed by atoms with Gasteiger partial charge in [0.05, 0.1) is 23.2 Å². The number of likely N-dealkylation sites (tertiary alicyclic amines) is 1. The molecular formula is C29H26FN5O3S2. The smallest absolute Gasteiger partial charge is 0.274 e. The monoisotopic (exact) mass is 575 g/mol. The normalized spacial score (nSPS) is 15.1. The fourth-order valence-corrected chi connectivity index (χ4v) is 6.96. The first kappa shape index (κ1) is 26.1. The minimum atomic E-state index is -0.352. The number of hydrogen-bond donors (Lipinski definition) is 1. The Morgan fingerprint density at radius 3 is 2.75 bits per heavy atom. The van der Waals surface area contributed by atoms with Crippen LogP contribution in [0.4, 0.5) is 4.39 Å². The summed E-state index contributed by atoms with van der Waals surface area (Å²) in [4.78, 5) is 39.6. The third-order valence-corrected chi connectivity index (χ3v) is 8.96. The van der Waals surface area contributed by atoms with Crippen LogP contribution < -0.4 is 10.1 Å². The van der Waals surface area contributed by atoms with Crippen LogP contribution in [0, 0.1) is 12.7 Å². The highest BCUT2D eigenvalue weighted by Gasteiger charge is 2.33. The topological polar surface area (TPSA) is 88.8 Å². The molecule has 3 aromatic heterocycles. The molecule has 1 aliphatic heterocycles. The highest BCUT2D eigenvalue weighted by Crippen LogP contribution is 2.40. The third kappa shape index (κ3) is 4.75. The number of thiazole rings is 2. The zero-order valence-electron chi connectivity index (χ0n) is 21.9. The fourth-order valence-electron chi connectivity index (χ4n) is 5.11. The van der Waals surface area contributed by atoms with E-state index in [9.17, 15) is 14.0 Å². The number of halogens is 1. The Bertz CT molecular complexity index is 1710. The molecule has 1 aliphatic rings. The maximum absolute atomic E-state index is 14.0. The second-order valence-electron chi connectivity index (χ2n) is 9.51. The predicted molar refractivity (Wildman–Crippen MR) is 154 cm³/mol. The van der Waals surface area contributed by atoms with E-state index in [1.54, 1.807) is 28.5 Å². The van der Waals surface area contributed by atoms with E-state index < -0.39 is 0 Å². The van der Waals surface area contributed by atoms with Crippen LogP contribution in [0.25, 0.3) is 26.0 Å². The summed E-state index contributed by atoms with van der Waals surface area (Å²) in [7, 11) is 1.59. The van der Waals surface area contributed by atoms with Crippen LogP contribution in [0.3, 0.4) is 0 Å². The van der Waals surface area contributed by atoms with Crippen molar-refractivity contribution in [3.8, 4) is 26.8 Å². The lowest BCUT2D eigenvalue weighted by atomic mass is 10.1. The number of aryl methyl sites for hydroxylation is 1. The Morgan fingerprint density at radius 1 is 1.15 bits per heavy atom. The lowest BCUT2D eigenvalue weighted by Gasteiger charge is -2.24. The summed E-state index contributed by atoms with van der Waals surface area (Å²) in [5, 5.41) is 5.55. The van der Waals surface area contributed by atoms with Crippen molar-refractivity contribution in [2.24, 2.45) is 0 Å². The number of methoxy groups -OCH3 is 1. The highest BCUT2D eigenvalue weighted by molar-refractivity contribution is 7.18. The van der Waals surface area contributed by atoms with Gasteiger partial charge in [-0.2, -0.15) is 0 Å². The number of hydrogen-bond acceptors (Lipinski definition) is 7. The van der Waals surface area contributed by atoms with Crippen LogP contribution in [0.2, 0.25) is 0 Å². The number of para-hydroxylation sites is 1. The molecule has 5 aromatic rings. The van der Waals surface area contributed by atoms with E-state index in [1.165, 1.54) is 34.8 Å². The number of ether oxygens (including phenoxy) is 1. The zero-order valence-corrected chi connectivity index (χ0v) is 23.5. The van der Waals surface area contributed by atoms with E-state index in [-0.39, 0.29) is 23.7 Å². The summed E-state index contributed by atoms with van der Waals surface area (Å²) < 4.78 is 21.1. The van der Waals surface area contributed by atoms with Gasteiger partial charge < -0.3 is 15.0 Å². The molecule has 0 aliphatic carbocycles. The highest BCUT2D eigenvalue weighted by atomic mass is 32.1. The number of benzene rings is 2. The first-order chi connectivity index (χ1) is 19.4. The van der Waals surface area contributed by atoms with Crippen molar-refractivity contribution in [1.29, 1.82) is 0 Å². The molecule has 204 valence electrons. The van der Waals surface area contributed by atoms with Crippen LogP contribution >= 0.6 is 22.7 Å².